The molecular formula is C58H46N2. The molecule has 0 bridgehead atoms. The fourth-order valence-electron chi connectivity index (χ4n) is 10.1. The second kappa shape index (κ2) is 14.9. The number of fused-ring (bicyclic) bond motifs is 10. The summed E-state index contributed by atoms with van der Waals surface area (Å²) in [6.45, 7) is 10.8. The molecule has 0 atom stereocenters. The first-order chi connectivity index (χ1) is 29.4. The first-order valence-electron chi connectivity index (χ1n) is 20.9. The lowest BCUT2D eigenvalue weighted by molar-refractivity contribution is 0.793. The average Bonchev–Trinajstić information content (AvgIpc) is 3.75. The molecule has 60 heavy (non-hydrogen) atoms. The quantitative estimate of drug-likeness (QED) is 0.178. The van der Waals surface area contributed by atoms with Crippen LogP contribution in [0.2, 0.25) is 0 Å². The molecule has 2 heteroatoms. The van der Waals surface area contributed by atoms with E-state index in [2.05, 4.69) is 203 Å². The molecule has 2 nitrogen and oxygen atoms in total. The fourth-order valence-corrected chi connectivity index (χ4v) is 10.1. The summed E-state index contributed by atoms with van der Waals surface area (Å²) in [5.74, 6) is 0.781. The molecule has 0 fully saturated rings. The van der Waals surface area contributed by atoms with E-state index in [-0.39, 0.29) is 5.41 Å². The fraction of sp³-hybridized carbons (Fsp3) is 0.103. The zero-order chi connectivity index (χ0) is 41.0. The van der Waals surface area contributed by atoms with Crippen LogP contribution < -0.4 is 0 Å². The number of aryl methyl sites for hydroxylation is 4. The highest BCUT2D eigenvalue weighted by Crippen LogP contribution is 2.63. The Morgan fingerprint density at radius 2 is 0.800 bits per heavy atom. The second-order valence-corrected chi connectivity index (χ2v) is 16.2. The van der Waals surface area contributed by atoms with E-state index in [0.717, 1.165) is 28.3 Å². The van der Waals surface area contributed by atoms with E-state index in [1.165, 1.54) is 89.0 Å². The highest BCUT2D eigenvalue weighted by atomic mass is 14.9. The van der Waals surface area contributed by atoms with Gasteiger partial charge in [-0.15, -0.1) is 0 Å². The van der Waals surface area contributed by atoms with E-state index < -0.39 is 0 Å². The lowest BCUT2D eigenvalue weighted by Gasteiger charge is -2.30. The van der Waals surface area contributed by atoms with Crippen molar-refractivity contribution in [1.29, 1.82) is 0 Å². The summed E-state index contributed by atoms with van der Waals surface area (Å²) in [6.07, 6.45) is 0. The number of nitrogens with zero attached hydrogens (tertiary/aromatic N) is 2. The van der Waals surface area contributed by atoms with Gasteiger partial charge in [0, 0.05) is 11.1 Å². The zero-order valence-corrected chi connectivity index (χ0v) is 34.8. The topological polar surface area (TPSA) is 25.8 Å². The van der Waals surface area contributed by atoms with E-state index in [1.54, 1.807) is 0 Å². The minimum Gasteiger partial charge on any atom is -0.233 e. The van der Waals surface area contributed by atoms with Gasteiger partial charge in [-0.3, -0.25) is 0 Å². The minimum atomic E-state index is -0.256. The first kappa shape index (κ1) is 37.1. The van der Waals surface area contributed by atoms with Crippen LogP contribution in [0.3, 0.4) is 0 Å². The van der Waals surface area contributed by atoms with Crippen LogP contribution in [0, 0.1) is 34.6 Å². The summed E-state index contributed by atoms with van der Waals surface area (Å²) >= 11 is 0. The third-order valence-electron chi connectivity index (χ3n) is 12.7. The summed E-state index contributed by atoms with van der Waals surface area (Å²) < 4.78 is 0. The second-order valence-electron chi connectivity index (χ2n) is 16.2. The Morgan fingerprint density at radius 3 is 1.43 bits per heavy atom. The lowest BCUT2D eigenvalue weighted by atomic mass is 9.70. The molecule has 0 aliphatic heterocycles. The molecule has 2 aliphatic carbocycles. The van der Waals surface area contributed by atoms with E-state index >= 15 is 0 Å². The van der Waals surface area contributed by atoms with Crippen molar-refractivity contribution in [1.82, 2.24) is 9.97 Å². The Labute approximate surface area is 354 Å². The molecule has 0 unspecified atom stereocenters. The SMILES string of the molecule is Cc1ccccc1-c1ccc2c(c1C)-c1ccccc1C21c2ccccc2-c2ccccc21.Cc1nc(-c2ccccc2)cc(-c2cccc(C)c2-c2ccccc2C)n1. The van der Waals surface area contributed by atoms with Crippen LogP contribution in [0.4, 0.5) is 0 Å². The molecule has 1 spiro atoms. The van der Waals surface area contributed by atoms with Gasteiger partial charge in [0.05, 0.1) is 16.8 Å². The Morgan fingerprint density at radius 1 is 0.317 bits per heavy atom. The van der Waals surface area contributed by atoms with Gasteiger partial charge in [-0.2, -0.15) is 0 Å². The Bertz CT molecular complexity index is 3050. The molecule has 288 valence electrons. The van der Waals surface area contributed by atoms with Gasteiger partial charge in [0.25, 0.3) is 0 Å². The van der Waals surface area contributed by atoms with Crippen LogP contribution in [0.15, 0.2) is 188 Å². The predicted molar refractivity (Wildman–Crippen MR) is 250 cm³/mol. The van der Waals surface area contributed by atoms with Crippen molar-refractivity contribution in [3.05, 3.63) is 238 Å². The maximum atomic E-state index is 4.78. The smallest absolute Gasteiger partial charge is 0.126 e. The standard InChI is InChI=1S/C33H24.C25H22N2/c1-21-11-3-4-12-23(21)24-19-20-31-32(22(24)2)27-15-7-10-18-30(27)33(31)28-16-8-5-13-25(28)26-14-6-9-17-29(26)33;1-17-10-7-8-14-21(17)25-18(2)11-9-15-22(25)24-16-23(26-19(3)27-24)20-12-5-4-6-13-20/h3-20H,1-2H3;4-16H,1-3H3. The number of hydrogen-bond donors (Lipinski definition) is 0. The molecule has 0 saturated carbocycles. The Hall–Kier alpha value is -7.16. The lowest BCUT2D eigenvalue weighted by Crippen LogP contribution is -2.25. The summed E-state index contributed by atoms with van der Waals surface area (Å²) in [4.78, 5) is 9.44. The predicted octanol–water partition coefficient (Wildman–Crippen LogP) is 14.7. The largest absolute Gasteiger partial charge is 0.233 e. The molecule has 9 aromatic rings. The normalized spacial score (nSPS) is 12.6. The third-order valence-corrected chi connectivity index (χ3v) is 12.7. The van der Waals surface area contributed by atoms with Gasteiger partial charge < -0.3 is 0 Å². The van der Waals surface area contributed by atoms with Crippen LogP contribution in [0.25, 0.3) is 67.0 Å². The maximum Gasteiger partial charge on any atom is 0.126 e. The highest BCUT2D eigenvalue weighted by Gasteiger charge is 2.51. The van der Waals surface area contributed by atoms with Gasteiger partial charge in [0.15, 0.2) is 0 Å². The van der Waals surface area contributed by atoms with Crippen molar-refractivity contribution in [2.75, 3.05) is 0 Å². The van der Waals surface area contributed by atoms with Gasteiger partial charge >= 0.3 is 0 Å². The molecule has 1 aromatic heterocycles. The Kier molecular flexibility index (Phi) is 9.22. The van der Waals surface area contributed by atoms with Gasteiger partial charge in [0.2, 0.25) is 0 Å². The average molecular weight is 771 g/mol. The number of benzene rings is 8. The highest BCUT2D eigenvalue weighted by molar-refractivity contribution is 5.97. The molecule has 8 aromatic carbocycles. The summed E-state index contributed by atoms with van der Waals surface area (Å²) in [5, 5.41) is 0. The van der Waals surface area contributed by atoms with Crippen LogP contribution in [-0.4, -0.2) is 9.97 Å². The summed E-state index contributed by atoms with van der Waals surface area (Å²) in [5.41, 5.74) is 25.4. The Balaban J connectivity index is 0.000000148. The molecule has 0 saturated heterocycles. The number of aromatic nitrogens is 2. The van der Waals surface area contributed by atoms with Crippen molar-refractivity contribution in [2.24, 2.45) is 0 Å². The zero-order valence-electron chi connectivity index (χ0n) is 34.8. The monoisotopic (exact) mass is 770 g/mol. The molecule has 11 rings (SSSR count). The third kappa shape index (κ3) is 5.86. The molecule has 1 heterocycles. The molecule has 0 N–H and O–H groups in total. The first-order valence-corrected chi connectivity index (χ1v) is 20.9. The molecule has 0 radical (unpaired) electrons. The van der Waals surface area contributed by atoms with Crippen LogP contribution in [-0.2, 0) is 5.41 Å². The maximum absolute atomic E-state index is 4.78. The minimum absolute atomic E-state index is 0.256. The van der Waals surface area contributed by atoms with Crippen LogP contribution >= 0.6 is 0 Å². The van der Waals surface area contributed by atoms with Gasteiger partial charge in [-0.1, -0.05) is 182 Å². The van der Waals surface area contributed by atoms with Gasteiger partial charge in [-0.25, -0.2) is 9.97 Å². The molecule has 2 aliphatic rings. The van der Waals surface area contributed by atoms with Gasteiger partial charge in [0.1, 0.15) is 5.82 Å². The van der Waals surface area contributed by atoms with E-state index in [9.17, 15) is 0 Å². The van der Waals surface area contributed by atoms with Crippen molar-refractivity contribution in [3.63, 3.8) is 0 Å². The van der Waals surface area contributed by atoms with Crippen LogP contribution in [0.5, 0.6) is 0 Å². The van der Waals surface area contributed by atoms with E-state index in [1.807, 2.05) is 25.1 Å². The van der Waals surface area contributed by atoms with Crippen molar-refractivity contribution < 1.29 is 0 Å². The molecular weight excluding hydrogens is 725 g/mol. The van der Waals surface area contributed by atoms with Crippen LogP contribution in [0.1, 0.15) is 50.3 Å². The summed E-state index contributed by atoms with van der Waals surface area (Å²) in [6, 6.07) is 67.9. The van der Waals surface area contributed by atoms with Crippen molar-refractivity contribution >= 4 is 0 Å². The summed E-state index contributed by atoms with van der Waals surface area (Å²) in [7, 11) is 0. The van der Waals surface area contributed by atoms with Crippen molar-refractivity contribution in [2.45, 2.75) is 40.0 Å². The number of rotatable bonds is 4. The molecule has 0 amide bonds. The van der Waals surface area contributed by atoms with E-state index in [0.29, 0.717) is 0 Å². The van der Waals surface area contributed by atoms with Crippen molar-refractivity contribution in [3.8, 4) is 67.0 Å². The number of hydrogen-bond acceptors (Lipinski definition) is 2. The van der Waals surface area contributed by atoms with E-state index in [4.69, 9.17) is 4.98 Å². The van der Waals surface area contributed by atoms with Gasteiger partial charge in [-0.05, 0) is 130 Å².